The van der Waals surface area contributed by atoms with Crippen LogP contribution in [-0.4, -0.2) is 58.5 Å². The van der Waals surface area contributed by atoms with Gasteiger partial charge in [0.15, 0.2) is 6.61 Å². The second-order valence-corrected chi connectivity index (χ2v) is 8.66. The Hall–Kier alpha value is -3.31. The molecule has 1 fully saturated rings. The van der Waals surface area contributed by atoms with Crippen molar-refractivity contribution in [2.75, 3.05) is 25.0 Å². The minimum absolute atomic E-state index is 0.201. The summed E-state index contributed by atoms with van der Waals surface area (Å²) in [5.74, 6) is 0.128. The summed E-state index contributed by atoms with van der Waals surface area (Å²) in [6.45, 7) is 0.895. The molecule has 1 saturated heterocycles. The molecule has 4 rings (SSSR count). The minimum atomic E-state index is -3.47. The van der Waals surface area contributed by atoms with Gasteiger partial charge in [-0.15, -0.1) is 5.10 Å². The average molecular weight is 428 g/mol. The standard InChI is InChI=1S/C19H20N6O4S/c26-19(13-29-17-5-3-4-16(12-17)25-14-20-22-23-25)21-15-6-8-18(9-7-15)30(27,28)24-10-1-2-11-24/h3-9,12,14H,1-2,10-11,13H2,(H,21,26). The number of carbonyl (C=O) groups excluding carboxylic acids is 1. The van der Waals surface area contributed by atoms with E-state index in [2.05, 4.69) is 20.8 Å². The Morgan fingerprint density at radius 2 is 1.87 bits per heavy atom. The summed E-state index contributed by atoms with van der Waals surface area (Å²) in [6.07, 6.45) is 3.22. The summed E-state index contributed by atoms with van der Waals surface area (Å²) in [4.78, 5) is 12.4. The highest BCUT2D eigenvalue weighted by atomic mass is 32.2. The molecule has 2 aromatic carbocycles. The van der Waals surface area contributed by atoms with Gasteiger partial charge in [0.1, 0.15) is 12.1 Å². The molecule has 11 heteroatoms. The zero-order valence-electron chi connectivity index (χ0n) is 16.0. The molecule has 0 saturated carbocycles. The van der Waals surface area contributed by atoms with Crippen LogP contribution in [0, 0.1) is 0 Å². The predicted octanol–water partition coefficient (Wildman–Crippen LogP) is 1.46. The van der Waals surface area contributed by atoms with Crippen LogP contribution >= 0.6 is 0 Å². The third kappa shape index (κ3) is 4.47. The summed E-state index contributed by atoms with van der Waals surface area (Å²) in [5.41, 5.74) is 1.19. The zero-order valence-corrected chi connectivity index (χ0v) is 16.8. The van der Waals surface area contributed by atoms with Crippen LogP contribution in [0.4, 0.5) is 5.69 Å². The lowest BCUT2D eigenvalue weighted by atomic mass is 10.3. The molecule has 156 valence electrons. The lowest BCUT2D eigenvalue weighted by Crippen LogP contribution is -2.27. The highest BCUT2D eigenvalue weighted by molar-refractivity contribution is 7.89. The number of benzene rings is 2. The molecule has 1 aliphatic heterocycles. The molecular formula is C19H20N6O4S. The molecule has 0 radical (unpaired) electrons. The van der Waals surface area contributed by atoms with E-state index in [9.17, 15) is 13.2 Å². The molecule has 0 aliphatic carbocycles. The Morgan fingerprint density at radius 1 is 1.10 bits per heavy atom. The van der Waals surface area contributed by atoms with E-state index in [0.29, 0.717) is 30.2 Å². The molecule has 1 aromatic heterocycles. The number of aromatic nitrogens is 4. The summed E-state index contributed by atoms with van der Waals surface area (Å²) in [7, 11) is -3.47. The van der Waals surface area contributed by atoms with Gasteiger partial charge in [0, 0.05) is 24.8 Å². The number of nitrogens with zero attached hydrogens (tertiary/aromatic N) is 5. The second kappa shape index (κ2) is 8.59. The van der Waals surface area contributed by atoms with Crippen molar-refractivity contribution in [2.45, 2.75) is 17.7 Å². The number of amides is 1. The number of anilines is 1. The Bertz CT molecular complexity index is 1110. The van der Waals surface area contributed by atoms with Crippen molar-refractivity contribution >= 4 is 21.6 Å². The largest absolute Gasteiger partial charge is 0.484 e. The summed E-state index contributed by atoms with van der Waals surface area (Å²) < 4.78 is 33.6. The Labute approximate surface area is 173 Å². The number of hydrogen-bond acceptors (Lipinski definition) is 7. The van der Waals surface area contributed by atoms with Gasteiger partial charge in [0.05, 0.1) is 10.6 Å². The molecule has 1 N–H and O–H groups in total. The number of ether oxygens (including phenoxy) is 1. The topological polar surface area (TPSA) is 119 Å². The van der Waals surface area contributed by atoms with Gasteiger partial charge in [-0.1, -0.05) is 6.07 Å². The number of carbonyl (C=O) groups is 1. The van der Waals surface area contributed by atoms with Crippen molar-refractivity contribution in [3.05, 3.63) is 54.9 Å². The third-order valence-electron chi connectivity index (χ3n) is 4.64. The van der Waals surface area contributed by atoms with E-state index in [-0.39, 0.29) is 17.4 Å². The lowest BCUT2D eigenvalue weighted by molar-refractivity contribution is -0.118. The third-order valence-corrected chi connectivity index (χ3v) is 6.55. The smallest absolute Gasteiger partial charge is 0.262 e. The first-order valence-electron chi connectivity index (χ1n) is 9.39. The Balaban J connectivity index is 1.34. The summed E-state index contributed by atoms with van der Waals surface area (Å²) in [5, 5.41) is 13.7. The van der Waals surface area contributed by atoms with Crippen molar-refractivity contribution in [2.24, 2.45) is 0 Å². The van der Waals surface area contributed by atoms with Gasteiger partial charge in [0.2, 0.25) is 10.0 Å². The van der Waals surface area contributed by atoms with Crippen molar-refractivity contribution in [3.63, 3.8) is 0 Å². The van der Waals surface area contributed by atoms with Crippen molar-refractivity contribution in [1.29, 1.82) is 0 Å². The van der Waals surface area contributed by atoms with Crippen LogP contribution in [0.25, 0.3) is 5.69 Å². The Morgan fingerprint density at radius 3 is 2.57 bits per heavy atom. The first-order chi connectivity index (χ1) is 14.5. The highest BCUT2D eigenvalue weighted by Crippen LogP contribution is 2.22. The first kappa shape index (κ1) is 20.0. The van der Waals surface area contributed by atoms with Gasteiger partial charge in [-0.3, -0.25) is 4.79 Å². The molecular weight excluding hydrogens is 408 g/mol. The first-order valence-corrected chi connectivity index (χ1v) is 10.8. The van der Waals surface area contributed by atoms with Gasteiger partial charge in [0.25, 0.3) is 5.91 Å². The van der Waals surface area contributed by atoms with E-state index in [1.54, 1.807) is 36.4 Å². The molecule has 1 amide bonds. The van der Waals surface area contributed by atoms with E-state index in [4.69, 9.17) is 4.74 Å². The molecule has 10 nitrogen and oxygen atoms in total. The monoisotopic (exact) mass is 428 g/mol. The number of nitrogens with one attached hydrogen (secondary N) is 1. The maximum Gasteiger partial charge on any atom is 0.262 e. The van der Waals surface area contributed by atoms with Crippen LogP contribution in [0.1, 0.15) is 12.8 Å². The van der Waals surface area contributed by atoms with Crippen molar-refractivity contribution in [3.8, 4) is 11.4 Å². The van der Waals surface area contributed by atoms with Crippen LogP contribution in [0.3, 0.4) is 0 Å². The number of sulfonamides is 1. The van der Waals surface area contributed by atoms with E-state index in [0.717, 1.165) is 12.8 Å². The van der Waals surface area contributed by atoms with Crippen LogP contribution < -0.4 is 10.1 Å². The average Bonchev–Trinajstić information content (AvgIpc) is 3.47. The molecule has 2 heterocycles. The zero-order chi connectivity index (χ0) is 21.0. The van der Waals surface area contributed by atoms with Gasteiger partial charge in [-0.25, -0.2) is 13.1 Å². The maximum absolute atomic E-state index is 12.5. The van der Waals surface area contributed by atoms with E-state index >= 15 is 0 Å². The van der Waals surface area contributed by atoms with Crippen molar-refractivity contribution in [1.82, 2.24) is 24.5 Å². The number of hydrogen-bond donors (Lipinski definition) is 1. The molecule has 1 aliphatic rings. The summed E-state index contributed by atoms with van der Waals surface area (Å²) in [6, 6.07) is 13.1. The van der Waals surface area contributed by atoms with Crippen LogP contribution in [0.2, 0.25) is 0 Å². The Kier molecular flexibility index (Phi) is 5.72. The van der Waals surface area contributed by atoms with Gasteiger partial charge < -0.3 is 10.1 Å². The quantitative estimate of drug-likeness (QED) is 0.605. The fraction of sp³-hybridized carbons (Fsp3) is 0.263. The maximum atomic E-state index is 12.5. The lowest BCUT2D eigenvalue weighted by Gasteiger charge is -2.15. The molecule has 0 unspecified atom stereocenters. The van der Waals surface area contributed by atoms with Crippen LogP contribution in [0.5, 0.6) is 5.75 Å². The van der Waals surface area contributed by atoms with Gasteiger partial charge >= 0.3 is 0 Å². The van der Waals surface area contributed by atoms with E-state index in [1.165, 1.54) is 27.4 Å². The minimum Gasteiger partial charge on any atom is -0.484 e. The highest BCUT2D eigenvalue weighted by Gasteiger charge is 2.26. The van der Waals surface area contributed by atoms with E-state index < -0.39 is 10.0 Å². The molecule has 0 bridgehead atoms. The van der Waals surface area contributed by atoms with Gasteiger partial charge in [-0.2, -0.15) is 4.31 Å². The van der Waals surface area contributed by atoms with Crippen molar-refractivity contribution < 1.29 is 17.9 Å². The van der Waals surface area contributed by atoms with Crippen LogP contribution in [-0.2, 0) is 14.8 Å². The SMILES string of the molecule is O=C(COc1cccc(-n2cnnn2)c1)Nc1ccc(S(=O)(=O)N2CCCC2)cc1. The molecule has 0 atom stereocenters. The fourth-order valence-electron chi connectivity index (χ4n) is 3.13. The number of rotatable bonds is 7. The predicted molar refractivity (Wildman–Crippen MR) is 108 cm³/mol. The second-order valence-electron chi connectivity index (χ2n) is 6.72. The normalized spacial score (nSPS) is 14.5. The van der Waals surface area contributed by atoms with Gasteiger partial charge in [-0.05, 0) is 59.7 Å². The molecule has 0 spiro atoms. The van der Waals surface area contributed by atoms with Crippen LogP contribution in [0.15, 0.2) is 59.8 Å². The summed E-state index contributed by atoms with van der Waals surface area (Å²) >= 11 is 0. The molecule has 30 heavy (non-hydrogen) atoms. The van der Waals surface area contributed by atoms with E-state index in [1.807, 2.05) is 0 Å². The number of tetrazole rings is 1. The fourth-order valence-corrected chi connectivity index (χ4v) is 4.65. The molecule has 3 aromatic rings.